The summed E-state index contributed by atoms with van der Waals surface area (Å²) in [7, 11) is 4.13. The number of hydrogen-bond acceptors (Lipinski definition) is 3. The molecule has 4 rings (SSSR count). The van der Waals surface area contributed by atoms with Gasteiger partial charge in [-0.3, -0.25) is 4.79 Å². The minimum absolute atomic E-state index is 0.123. The lowest BCUT2D eigenvalue weighted by atomic mass is 10.1. The first-order chi connectivity index (χ1) is 14.4. The van der Waals surface area contributed by atoms with E-state index in [1.165, 1.54) is 5.56 Å². The molecule has 1 amide bonds. The lowest BCUT2D eigenvalue weighted by Crippen LogP contribution is -2.15. The van der Waals surface area contributed by atoms with Crippen molar-refractivity contribution in [2.75, 3.05) is 26.0 Å². The minimum atomic E-state index is -0.123. The first kappa shape index (κ1) is 20.6. The predicted molar refractivity (Wildman–Crippen MR) is 122 cm³/mol. The molecule has 1 aliphatic rings. The van der Waals surface area contributed by atoms with Crippen molar-refractivity contribution in [3.63, 3.8) is 0 Å². The van der Waals surface area contributed by atoms with Crippen LogP contribution in [0.15, 0.2) is 48.7 Å². The lowest BCUT2D eigenvalue weighted by molar-refractivity contribution is 0.102. The summed E-state index contributed by atoms with van der Waals surface area (Å²) in [5.74, 6) is 0.240. The third kappa shape index (κ3) is 4.58. The average molecular weight is 423 g/mol. The molecule has 156 valence electrons. The molecule has 0 saturated heterocycles. The average Bonchev–Trinajstić information content (AvgIpc) is 3.47. The van der Waals surface area contributed by atoms with Crippen LogP contribution in [-0.4, -0.2) is 41.2 Å². The Hall–Kier alpha value is -2.63. The van der Waals surface area contributed by atoms with E-state index in [-0.39, 0.29) is 5.91 Å². The zero-order chi connectivity index (χ0) is 21.3. The molecule has 0 atom stereocenters. The number of rotatable bonds is 7. The highest BCUT2D eigenvalue weighted by atomic mass is 35.5. The van der Waals surface area contributed by atoms with Gasteiger partial charge in [-0.1, -0.05) is 29.8 Å². The van der Waals surface area contributed by atoms with Gasteiger partial charge in [-0.05, 0) is 75.7 Å². The zero-order valence-electron chi connectivity index (χ0n) is 17.7. The Kier molecular flexibility index (Phi) is 5.93. The van der Waals surface area contributed by atoms with Gasteiger partial charge in [0, 0.05) is 23.2 Å². The minimum Gasteiger partial charge on any atom is -0.322 e. The summed E-state index contributed by atoms with van der Waals surface area (Å²) >= 11 is 6.32. The maximum Gasteiger partial charge on any atom is 0.259 e. The standard InChI is InChI=1S/C24H27ClN4O/c1-16-4-11-20(14-22(16)25)29-23(18-7-8-18)21(15-26-29)24(30)27-19-9-5-17(6-10-19)12-13-28(2)3/h4-6,9-11,14-15,18H,7-8,12-13H2,1-3H3,(H,27,30). The van der Waals surface area contributed by atoms with Gasteiger partial charge in [-0.2, -0.15) is 5.10 Å². The molecule has 0 bridgehead atoms. The van der Waals surface area contributed by atoms with Crippen LogP contribution in [0.5, 0.6) is 0 Å². The van der Waals surface area contributed by atoms with E-state index in [0.717, 1.165) is 48.4 Å². The van der Waals surface area contributed by atoms with E-state index in [1.54, 1.807) is 6.20 Å². The van der Waals surface area contributed by atoms with Gasteiger partial charge in [0.2, 0.25) is 0 Å². The number of anilines is 1. The predicted octanol–water partition coefficient (Wildman–Crippen LogP) is 5.07. The molecule has 0 unspecified atom stereocenters. The Balaban J connectivity index is 1.54. The quantitative estimate of drug-likeness (QED) is 0.578. The van der Waals surface area contributed by atoms with Crippen molar-refractivity contribution in [1.82, 2.24) is 14.7 Å². The number of halogens is 1. The van der Waals surface area contributed by atoms with Crippen molar-refractivity contribution >= 4 is 23.2 Å². The molecule has 0 aliphatic heterocycles. The Morgan fingerprint density at radius 3 is 2.57 bits per heavy atom. The summed E-state index contributed by atoms with van der Waals surface area (Å²) in [5.41, 5.74) is 5.55. The van der Waals surface area contributed by atoms with Crippen LogP contribution in [0.25, 0.3) is 5.69 Å². The van der Waals surface area contributed by atoms with Crippen molar-refractivity contribution in [3.05, 3.63) is 76.1 Å². The number of aryl methyl sites for hydroxylation is 1. The zero-order valence-corrected chi connectivity index (χ0v) is 18.4. The SMILES string of the molecule is Cc1ccc(-n2ncc(C(=O)Nc3ccc(CCN(C)C)cc3)c2C2CC2)cc1Cl. The monoisotopic (exact) mass is 422 g/mol. The van der Waals surface area contributed by atoms with E-state index in [9.17, 15) is 4.79 Å². The highest BCUT2D eigenvalue weighted by molar-refractivity contribution is 6.31. The lowest BCUT2D eigenvalue weighted by Gasteiger charge is -2.11. The molecule has 1 heterocycles. The van der Waals surface area contributed by atoms with Gasteiger partial charge in [0.25, 0.3) is 5.91 Å². The topological polar surface area (TPSA) is 50.2 Å². The molecular formula is C24H27ClN4O. The van der Waals surface area contributed by atoms with Crippen LogP contribution in [0, 0.1) is 6.92 Å². The van der Waals surface area contributed by atoms with Gasteiger partial charge < -0.3 is 10.2 Å². The Labute approximate surface area is 182 Å². The second kappa shape index (κ2) is 8.62. The van der Waals surface area contributed by atoms with Gasteiger partial charge in [0.15, 0.2) is 0 Å². The number of amides is 1. The van der Waals surface area contributed by atoms with Crippen LogP contribution in [0.4, 0.5) is 5.69 Å². The molecule has 0 radical (unpaired) electrons. The van der Waals surface area contributed by atoms with Gasteiger partial charge in [-0.25, -0.2) is 4.68 Å². The number of carbonyl (C=O) groups is 1. The van der Waals surface area contributed by atoms with Crippen molar-refractivity contribution in [2.45, 2.75) is 32.1 Å². The second-order valence-electron chi connectivity index (χ2n) is 8.27. The third-order valence-electron chi connectivity index (χ3n) is 5.47. The van der Waals surface area contributed by atoms with Crippen LogP contribution < -0.4 is 5.32 Å². The van der Waals surface area contributed by atoms with Gasteiger partial charge >= 0.3 is 0 Å². The van der Waals surface area contributed by atoms with Crippen LogP contribution in [-0.2, 0) is 6.42 Å². The third-order valence-corrected chi connectivity index (χ3v) is 5.88. The van der Waals surface area contributed by atoms with E-state index in [0.29, 0.717) is 16.5 Å². The smallest absolute Gasteiger partial charge is 0.259 e. The number of hydrogen-bond donors (Lipinski definition) is 1. The summed E-state index contributed by atoms with van der Waals surface area (Å²) in [5, 5.41) is 8.26. The number of nitrogens with zero attached hydrogens (tertiary/aromatic N) is 3. The Morgan fingerprint density at radius 2 is 1.93 bits per heavy atom. The highest BCUT2D eigenvalue weighted by Crippen LogP contribution is 2.42. The van der Waals surface area contributed by atoms with Gasteiger partial charge in [0.1, 0.15) is 0 Å². The molecule has 1 N–H and O–H groups in total. The van der Waals surface area contributed by atoms with E-state index in [4.69, 9.17) is 11.6 Å². The summed E-state index contributed by atoms with van der Waals surface area (Å²) in [6.45, 7) is 2.97. The van der Waals surface area contributed by atoms with Gasteiger partial charge in [-0.15, -0.1) is 0 Å². The maximum atomic E-state index is 13.0. The molecule has 3 aromatic rings. The molecule has 5 nitrogen and oxygen atoms in total. The number of likely N-dealkylation sites (N-methyl/N-ethyl adjacent to an activating group) is 1. The first-order valence-corrected chi connectivity index (χ1v) is 10.7. The molecule has 1 aliphatic carbocycles. The largest absolute Gasteiger partial charge is 0.322 e. The van der Waals surface area contributed by atoms with Crippen LogP contribution >= 0.6 is 11.6 Å². The molecule has 0 spiro atoms. The molecule has 1 aromatic heterocycles. The summed E-state index contributed by atoms with van der Waals surface area (Å²) in [6, 6.07) is 13.9. The Morgan fingerprint density at radius 1 is 1.20 bits per heavy atom. The fourth-order valence-electron chi connectivity index (χ4n) is 3.51. The number of nitrogens with one attached hydrogen (secondary N) is 1. The van der Waals surface area contributed by atoms with Crippen molar-refractivity contribution in [2.24, 2.45) is 0 Å². The highest BCUT2D eigenvalue weighted by Gasteiger charge is 2.33. The normalized spacial score (nSPS) is 13.6. The first-order valence-electron chi connectivity index (χ1n) is 10.3. The van der Waals surface area contributed by atoms with Crippen LogP contribution in [0.2, 0.25) is 5.02 Å². The Bertz CT molecular complexity index is 1050. The van der Waals surface area contributed by atoms with Crippen molar-refractivity contribution in [1.29, 1.82) is 0 Å². The van der Waals surface area contributed by atoms with E-state index >= 15 is 0 Å². The number of benzene rings is 2. The number of aromatic nitrogens is 2. The fourth-order valence-corrected chi connectivity index (χ4v) is 3.68. The molecule has 1 saturated carbocycles. The summed E-state index contributed by atoms with van der Waals surface area (Å²) in [4.78, 5) is 15.2. The molecule has 30 heavy (non-hydrogen) atoms. The number of carbonyl (C=O) groups excluding carboxylic acids is 1. The van der Waals surface area contributed by atoms with Gasteiger partial charge in [0.05, 0.1) is 23.1 Å². The maximum absolute atomic E-state index is 13.0. The van der Waals surface area contributed by atoms with E-state index < -0.39 is 0 Å². The van der Waals surface area contributed by atoms with Crippen molar-refractivity contribution in [3.8, 4) is 5.69 Å². The van der Waals surface area contributed by atoms with E-state index in [2.05, 4.69) is 41.5 Å². The summed E-state index contributed by atoms with van der Waals surface area (Å²) < 4.78 is 1.86. The van der Waals surface area contributed by atoms with Crippen LogP contribution in [0.3, 0.4) is 0 Å². The van der Waals surface area contributed by atoms with Crippen molar-refractivity contribution < 1.29 is 4.79 Å². The fraction of sp³-hybridized carbons (Fsp3) is 0.333. The summed E-state index contributed by atoms with van der Waals surface area (Å²) in [6.07, 6.45) is 4.80. The molecule has 1 fully saturated rings. The molecular weight excluding hydrogens is 396 g/mol. The molecule has 2 aromatic carbocycles. The molecule has 6 heteroatoms. The van der Waals surface area contributed by atoms with Crippen LogP contribution in [0.1, 0.15) is 45.9 Å². The second-order valence-corrected chi connectivity index (χ2v) is 8.67. The van der Waals surface area contributed by atoms with E-state index in [1.807, 2.05) is 41.9 Å².